The van der Waals surface area contributed by atoms with Gasteiger partial charge in [0.1, 0.15) is 35.2 Å². The average molecular weight is 1020 g/mol. The summed E-state index contributed by atoms with van der Waals surface area (Å²) in [6.07, 6.45) is 4.91. The first-order chi connectivity index (χ1) is 35.0. The number of nitrogens with one attached hydrogen (secondary N) is 2. The van der Waals surface area contributed by atoms with Crippen molar-refractivity contribution in [1.29, 1.82) is 0 Å². The number of amides is 5. The van der Waals surface area contributed by atoms with E-state index in [1.807, 2.05) is 91.4 Å². The van der Waals surface area contributed by atoms with Gasteiger partial charge in [-0.25, -0.2) is 9.37 Å². The minimum atomic E-state index is -1.24. The lowest BCUT2D eigenvalue weighted by atomic mass is 9.87. The largest absolute Gasteiger partial charge is 0.457 e. The van der Waals surface area contributed by atoms with E-state index in [4.69, 9.17) is 21.1 Å². The zero-order valence-corrected chi connectivity index (χ0v) is 43.6. The van der Waals surface area contributed by atoms with Gasteiger partial charge in [0.15, 0.2) is 0 Å². The summed E-state index contributed by atoms with van der Waals surface area (Å²) in [6.45, 7) is 1.77. The predicted molar refractivity (Wildman–Crippen MR) is 278 cm³/mol. The molecule has 5 amide bonds. The summed E-state index contributed by atoms with van der Waals surface area (Å²) in [5.74, 6) is -2.32. The van der Waals surface area contributed by atoms with Crippen LogP contribution >= 0.6 is 11.6 Å². The molecule has 6 atom stereocenters. The molecule has 0 bridgehead atoms. The highest BCUT2D eigenvalue weighted by Crippen LogP contribution is 2.32. The van der Waals surface area contributed by atoms with Gasteiger partial charge in [-0.2, -0.15) is 0 Å². The van der Waals surface area contributed by atoms with E-state index in [9.17, 15) is 14.4 Å². The molecular weight excluding hydrogens is 951 g/mol. The van der Waals surface area contributed by atoms with E-state index in [2.05, 4.69) is 15.6 Å². The molecule has 2 fully saturated rings. The van der Waals surface area contributed by atoms with E-state index in [1.165, 1.54) is 35.1 Å². The number of carbonyl (C=O) groups is 5. The van der Waals surface area contributed by atoms with Crippen molar-refractivity contribution in [3.63, 3.8) is 0 Å². The fraction of sp³-hybridized carbons (Fsp3) is 0.429. The summed E-state index contributed by atoms with van der Waals surface area (Å²) in [5.41, 5.74) is 3.86. The van der Waals surface area contributed by atoms with Gasteiger partial charge in [-0.1, -0.05) is 73.0 Å². The van der Waals surface area contributed by atoms with Crippen LogP contribution in [0.4, 0.5) is 4.39 Å². The van der Waals surface area contributed by atoms with Gasteiger partial charge in [-0.05, 0) is 100 Å². The van der Waals surface area contributed by atoms with Crippen LogP contribution in [-0.4, -0.2) is 131 Å². The zero-order chi connectivity index (χ0) is 52.3. The Kier molecular flexibility index (Phi) is 18.5. The van der Waals surface area contributed by atoms with Crippen LogP contribution in [0.15, 0.2) is 103 Å². The topological polar surface area (TPSA) is 159 Å². The summed E-state index contributed by atoms with van der Waals surface area (Å²) in [4.78, 5) is 84.8. The maximum atomic E-state index is 15.2. The number of halogens is 2. The van der Waals surface area contributed by atoms with E-state index in [1.54, 1.807) is 50.2 Å². The van der Waals surface area contributed by atoms with Crippen molar-refractivity contribution in [2.75, 3.05) is 41.9 Å². The van der Waals surface area contributed by atoms with Gasteiger partial charge in [0.05, 0.1) is 43.5 Å². The number of hydrogen-bond acceptors (Lipinski definition) is 9. The standard InChI is InChI=1S/C56H68ClFN8O7/c1-36-54(69)61-47(35-72-7)56(71)63(4)44(28-38-17-22-42(57)23-18-38)31-52(67)60-46-15-11-12-16-48(46)65(6)55(70)41(27-37-13-9-8-10-14-37)29-53(68)66(36)33-40-19-24-43(58)30-50(40)73-45-25-20-39(21-26-45)49-32-59-51(64(49)5)34-62(2)3/h8-10,13-14,17-26,30,32,36,41,44,46-48H,11-12,15-16,27-29,31,33-35H2,1-7H3,(H,60,67)(H,61,69)/t36?,41-,44+,46+,47+,48+/m1/s1. The number of imidazole rings is 1. The van der Waals surface area contributed by atoms with E-state index in [0.717, 1.165) is 41.1 Å². The van der Waals surface area contributed by atoms with Crippen molar-refractivity contribution < 1.29 is 37.8 Å². The average Bonchev–Trinajstić information content (AvgIpc) is 3.73. The van der Waals surface area contributed by atoms with Gasteiger partial charge in [0, 0.05) is 75.4 Å². The summed E-state index contributed by atoms with van der Waals surface area (Å²) in [6, 6.07) is 24.0. The minimum absolute atomic E-state index is 0.0663. The molecule has 15 nitrogen and oxygen atoms in total. The first kappa shape index (κ1) is 54.2. The highest BCUT2D eigenvalue weighted by atomic mass is 35.5. The van der Waals surface area contributed by atoms with Crippen LogP contribution in [-0.2, 0) is 61.7 Å². The lowest BCUT2D eigenvalue weighted by Crippen LogP contribution is -2.58. The van der Waals surface area contributed by atoms with Crippen molar-refractivity contribution in [2.45, 2.75) is 102 Å². The summed E-state index contributed by atoms with van der Waals surface area (Å²) < 4.78 is 29.1. The third kappa shape index (κ3) is 13.9. The number of aromatic nitrogens is 2. The van der Waals surface area contributed by atoms with Gasteiger partial charge in [-0.15, -0.1) is 0 Å². The Morgan fingerprint density at radius 3 is 2.21 bits per heavy atom. The monoisotopic (exact) mass is 1020 g/mol. The van der Waals surface area contributed by atoms with E-state index in [-0.39, 0.29) is 62.1 Å². The number of hydrogen-bond donors (Lipinski definition) is 2. The highest BCUT2D eigenvalue weighted by molar-refractivity contribution is 6.30. The maximum Gasteiger partial charge on any atom is 0.247 e. The third-order valence-corrected chi connectivity index (χ3v) is 14.4. The highest BCUT2D eigenvalue weighted by Gasteiger charge is 2.39. The minimum Gasteiger partial charge on any atom is -0.457 e. The fourth-order valence-electron chi connectivity index (χ4n) is 9.93. The predicted octanol–water partition coefficient (Wildman–Crippen LogP) is 7.19. The summed E-state index contributed by atoms with van der Waals surface area (Å²) in [7, 11) is 10.6. The number of benzene rings is 4. The SMILES string of the molecule is COC[C@@H]1NC(=O)C(C)N(Cc2ccc(F)cc2Oc2ccc(-c3cnc(CN(C)C)n3C)cc2)C(=O)C[C@@H](Cc2ccccc2)C(=O)N(C)[C@H]2CCCC[C@@H]2NC(=O)C[C@H](Cc2ccc(Cl)cc2)N(C)C1=O. The number of fused-ring (bicyclic) bond motifs is 1. The fourth-order valence-corrected chi connectivity index (χ4v) is 10.1. The van der Waals surface area contributed by atoms with Crippen molar-refractivity contribution >= 4 is 41.1 Å². The molecular formula is C56H68ClFN8O7. The second-order valence-electron chi connectivity index (χ2n) is 19.7. The Bertz CT molecular complexity index is 2700. The number of nitrogens with zero attached hydrogens (tertiary/aromatic N) is 6. The van der Waals surface area contributed by atoms with Crippen LogP contribution < -0.4 is 15.4 Å². The van der Waals surface area contributed by atoms with Crippen LogP contribution in [0.3, 0.4) is 0 Å². The molecule has 1 aliphatic heterocycles. The number of rotatable bonds is 13. The van der Waals surface area contributed by atoms with Gasteiger partial charge < -0.3 is 44.3 Å². The maximum absolute atomic E-state index is 15.2. The molecule has 0 spiro atoms. The number of methoxy groups -OCH3 is 1. The van der Waals surface area contributed by atoms with Gasteiger partial charge in [0.25, 0.3) is 0 Å². The van der Waals surface area contributed by atoms with Crippen LogP contribution in [0.5, 0.6) is 11.5 Å². The molecule has 1 saturated carbocycles. The Balaban J connectivity index is 1.25. The van der Waals surface area contributed by atoms with E-state index in [0.29, 0.717) is 42.1 Å². The van der Waals surface area contributed by atoms with Crippen LogP contribution in [0.2, 0.25) is 5.02 Å². The number of likely N-dealkylation sites (N-methyl/N-ethyl adjacent to an activating group) is 2. The molecule has 2 aliphatic rings. The van der Waals surface area contributed by atoms with E-state index < -0.39 is 47.6 Å². The molecule has 17 heteroatoms. The molecule has 1 aromatic heterocycles. The Hall–Kier alpha value is -6.62. The normalized spacial score (nSPS) is 21.9. The summed E-state index contributed by atoms with van der Waals surface area (Å²) in [5, 5.41) is 6.62. The van der Waals surface area contributed by atoms with Crippen molar-refractivity contribution in [3.05, 3.63) is 137 Å². The van der Waals surface area contributed by atoms with Crippen LogP contribution in [0, 0.1) is 11.7 Å². The third-order valence-electron chi connectivity index (χ3n) is 14.1. The van der Waals surface area contributed by atoms with Crippen LogP contribution in [0.1, 0.15) is 68.0 Å². The van der Waals surface area contributed by atoms with E-state index >= 15 is 14.0 Å². The molecule has 7 rings (SSSR count). The molecule has 5 aromatic rings. The quantitative estimate of drug-likeness (QED) is 0.125. The summed E-state index contributed by atoms with van der Waals surface area (Å²) >= 11 is 6.23. The van der Waals surface area contributed by atoms with Crippen molar-refractivity contribution in [3.8, 4) is 22.8 Å². The molecule has 1 unspecified atom stereocenters. The molecule has 0 radical (unpaired) electrons. The molecule has 1 saturated heterocycles. The van der Waals surface area contributed by atoms with Gasteiger partial charge in [0.2, 0.25) is 29.5 Å². The molecule has 2 N–H and O–H groups in total. The smallest absolute Gasteiger partial charge is 0.247 e. The number of ether oxygens (including phenoxy) is 2. The Morgan fingerprint density at radius 1 is 0.808 bits per heavy atom. The Labute approximate surface area is 433 Å². The molecule has 2 heterocycles. The zero-order valence-electron chi connectivity index (χ0n) is 42.9. The van der Waals surface area contributed by atoms with Crippen LogP contribution in [0.25, 0.3) is 11.3 Å². The molecule has 73 heavy (non-hydrogen) atoms. The second kappa shape index (κ2) is 24.9. The van der Waals surface area contributed by atoms with Crippen molar-refractivity contribution in [1.82, 2.24) is 39.8 Å². The first-order valence-electron chi connectivity index (χ1n) is 24.9. The molecule has 4 aromatic carbocycles. The molecule has 1 aliphatic carbocycles. The van der Waals surface area contributed by atoms with Gasteiger partial charge in [-0.3, -0.25) is 24.0 Å². The number of carbonyl (C=O) groups excluding carboxylic acids is 5. The lowest BCUT2D eigenvalue weighted by Gasteiger charge is -2.40. The lowest BCUT2D eigenvalue weighted by molar-refractivity contribution is -0.147. The molecule has 388 valence electrons. The van der Waals surface area contributed by atoms with Gasteiger partial charge >= 0.3 is 0 Å². The second-order valence-corrected chi connectivity index (χ2v) is 20.1. The Morgan fingerprint density at radius 2 is 1.51 bits per heavy atom. The van der Waals surface area contributed by atoms with Crippen molar-refractivity contribution in [2.24, 2.45) is 13.0 Å². The first-order valence-corrected chi connectivity index (χ1v) is 25.3.